The van der Waals surface area contributed by atoms with Gasteiger partial charge in [0, 0.05) is 49.9 Å². The second-order valence-electron chi connectivity index (χ2n) is 11.3. The van der Waals surface area contributed by atoms with Crippen LogP contribution in [0.15, 0.2) is 65.6 Å². The minimum atomic E-state index is -4.18. The lowest BCUT2D eigenvalue weighted by Crippen LogP contribution is -2.41. The molecule has 1 spiro atoms. The molecule has 1 fully saturated rings. The summed E-state index contributed by atoms with van der Waals surface area (Å²) in [6.45, 7) is 0.476. The highest BCUT2D eigenvalue weighted by Crippen LogP contribution is 2.48. The number of urea groups is 1. The average molecular weight is 681 g/mol. The van der Waals surface area contributed by atoms with E-state index >= 15 is 0 Å². The Balaban J connectivity index is 1.35. The number of fused-ring (bicyclic) bond motifs is 3. The summed E-state index contributed by atoms with van der Waals surface area (Å²) < 4.78 is 39.5. The number of amides is 3. The SMILES string of the molecule is COC(=O)N1CCC2(C1)CN(C(=O)Nc1nc3ccc(OC)nc3s1)c1ccc(S(=O)(=O)N(CCC(=O)O)Cc3ccccc3)cc12. The zero-order valence-electron chi connectivity index (χ0n) is 25.6. The predicted molar refractivity (Wildman–Crippen MR) is 173 cm³/mol. The fraction of sp³-hybridized carbons (Fsp3) is 0.323. The predicted octanol–water partition coefficient (Wildman–Crippen LogP) is 4.13. The number of hydrogen-bond acceptors (Lipinski definition) is 10. The number of methoxy groups -OCH3 is 2. The van der Waals surface area contributed by atoms with Crippen LogP contribution in [0, 0.1) is 0 Å². The maximum atomic E-state index is 14.1. The van der Waals surface area contributed by atoms with Gasteiger partial charge in [0.2, 0.25) is 15.9 Å². The van der Waals surface area contributed by atoms with Crippen LogP contribution in [-0.2, 0) is 31.5 Å². The van der Waals surface area contributed by atoms with Crippen LogP contribution in [0.25, 0.3) is 10.3 Å². The number of carboxylic acids is 1. The molecule has 4 heterocycles. The van der Waals surface area contributed by atoms with Crippen molar-refractivity contribution < 1.29 is 37.4 Å². The Morgan fingerprint density at radius 3 is 2.57 bits per heavy atom. The van der Waals surface area contributed by atoms with Crippen LogP contribution in [0.3, 0.4) is 0 Å². The molecule has 1 saturated heterocycles. The molecule has 16 heteroatoms. The molecular formula is C31H32N6O8S2. The molecule has 2 aliphatic heterocycles. The van der Waals surface area contributed by atoms with E-state index in [0.29, 0.717) is 51.1 Å². The molecule has 2 N–H and O–H groups in total. The second-order valence-corrected chi connectivity index (χ2v) is 14.2. The molecule has 2 aromatic carbocycles. The van der Waals surface area contributed by atoms with Gasteiger partial charge in [0.25, 0.3) is 0 Å². The Morgan fingerprint density at radius 2 is 1.85 bits per heavy atom. The highest BCUT2D eigenvalue weighted by atomic mass is 32.2. The minimum Gasteiger partial charge on any atom is -0.481 e. The third-order valence-electron chi connectivity index (χ3n) is 8.39. The number of pyridine rings is 1. The molecule has 0 bridgehead atoms. The number of aromatic nitrogens is 2. The summed E-state index contributed by atoms with van der Waals surface area (Å²) in [6, 6.07) is 16.4. The molecule has 0 radical (unpaired) electrons. The Bertz CT molecular complexity index is 1950. The Kier molecular flexibility index (Phi) is 8.74. The fourth-order valence-electron chi connectivity index (χ4n) is 6.06. The van der Waals surface area contributed by atoms with Crippen molar-refractivity contribution in [3.05, 3.63) is 71.8 Å². The number of anilines is 2. The van der Waals surface area contributed by atoms with Crippen LogP contribution in [0.4, 0.5) is 20.4 Å². The zero-order valence-corrected chi connectivity index (χ0v) is 27.2. The first-order valence-corrected chi connectivity index (χ1v) is 16.9. The van der Waals surface area contributed by atoms with Crippen LogP contribution in [-0.4, -0.2) is 91.2 Å². The summed E-state index contributed by atoms with van der Waals surface area (Å²) in [4.78, 5) is 50.2. The summed E-state index contributed by atoms with van der Waals surface area (Å²) in [5.74, 6) is -0.702. The molecule has 0 saturated carbocycles. The van der Waals surface area contributed by atoms with Crippen molar-refractivity contribution in [3.8, 4) is 5.88 Å². The Hall–Kier alpha value is -4.80. The first kappa shape index (κ1) is 32.2. The van der Waals surface area contributed by atoms with Crippen LogP contribution in [0.2, 0.25) is 0 Å². The number of thiazole rings is 1. The van der Waals surface area contributed by atoms with Gasteiger partial charge in [0.05, 0.1) is 25.5 Å². The fourth-order valence-corrected chi connectivity index (χ4v) is 8.34. The van der Waals surface area contributed by atoms with Crippen LogP contribution >= 0.6 is 11.3 Å². The number of carboxylic acid groups (broad SMARTS) is 1. The van der Waals surface area contributed by atoms with Gasteiger partial charge in [-0.1, -0.05) is 41.7 Å². The highest BCUT2D eigenvalue weighted by Gasteiger charge is 2.50. The summed E-state index contributed by atoms with van der Waals surface area (Å²) in [6.07, 6.45) is -0.438. The molecule has 47 heavy (non-hydrogen) atoms. The molecule has 14 nitrogen and oxygen atoms in total. The number of hydrogen-bond donors (Lipinski definition) is 2. The van der Waals surface area contributed by atoms with Crippen molar-refractivity contribution >= 4 is 60.6 Å². The van der Waals surface area contributed by atoms with Crippen LogP contribution in [0.1, 0.15) is 24.0 Å². The number of sulfonamides is 1. The van der Waals surface area contributed by atoms with Crippen molar-refractivity contribution in [2.24, 2.45) is 0 Å². The maximum absolute atomic E-state index is 14.1. The van der Waals surface area contributed by atoms with Gasteiger partial charge in [-0.15, -0.1) is 0 Å². The first-order chi connectivity index (χ1) is 22.5. The van der Waals surface area contributed by atoms with Gasteiger partial charge in [0.1, 0.15) is 10.3 Å². The maximum Gasteiger partial charge on any atom is 0.409 e. The Labute approximate surface area is 274 Å². The average Bonchev–Trinajstić information content (AvgIpc) is 3.77. The Morgan fingerprint density at radius 1 is 1.06 bits per heavy atom. The monoisotopic (exact) mass is 680 g/mol. The van der Waals surface area contributed by atoms with Gasteiger partial charge in [-0.2, -0.15) is 4.31 Å². The van der Waals surface area contributed by atoms with Gasteiger partial charge < -0.3 is 19.5 Å². The van der Waals surface area contributed by atoms with E-state index in [1.54, 1.807) is 48.5 Å². The lowest BCUT2D eigenvalue weighted by atomic mass is 9.81. The molecule has 4 aromatic rings. The number of nitrogens with zero attached hydrogens (tertiary/aromatic N) is 5. The minimum absolute atomic E-state index is 0.0216. The number of carbonyl (C=O) groups is 3. The van der Waals surface area contributed by atoms with E-state index in [-0.39, 0.29) is 37.5 Å². The summed E-state index contributed by atoms with van der Waals surface area (Å²) in [7, 11) is -1.38. The number of rotatable bonds is 9. The van der Waals surface area contributed by atoms with E-state index < -0.39 is 33.5 Å². The van der Waals surface area contributed by atoms with Gasteiger partial charge in [-0.25, -0.2) is 28.0 Å². The molecule has 2 aliphatic rings. The summed E-state index contributed by atoms with van der Waals surface area (Å²) >= 11 is 1.19. The quantitative estimate of drug-likeness (QED) is 0.262. The van der Waals surface area contributed by atoms with E-state index in [0.717, 1.165) is 4.31 Å². The molecule has 0 aliphatic carbocycles. The van der Waals surface area contributed by atoms with Crippen LogP contribution < -0.4 is 15.0 Å². The number of likely N-dealkylation sites (tertiary alicyclic amines) is 1. The van der Waals surface area contributed by atoms with E-state index in [9.17, 15) is 27.9 Å². The largest absolute Gasteiger partial charge is 0.481 e. The number of benzene rings is 2. The lowest BCUT2D eigenvalue weighted by Gasteiger charge is -2.26. The van der Waals surface area contributed by atoms with Gasteiger partial charge in [-0.05, 0) is 41.8 Å². The number of carbonyl (C=O) groups excluding carboxylic acids is 2. The summed E-state index contributed by atoms with van der Waals surface area (Å²) in [5, 5.41) is 12.5. The van der Waals surface area contributed by atoms with Crippen molar-refractivity contribution in [1.29, 1.82) is 0 Å². The number of aliphatic carboxylic acids is 1. The van der Waals surface area contributed by atoms with E-state index in [1.165, 1.54) is 41.4 Å². The van der Waals surface area contributed by atoms with Gasteiger partial charge >= 0.3 is 18.1 Å². The van der Waals surface area contributed by atoms with E-state index in [4.69, 9.17) is 9.47 Å². The lowest BCUT2D eigenvalue weighted by molar-refractivity contribution is -0.137. The smallest absolute Gasteiger partial charge is 0.409 e. The van der Waals surface area contributed by atoms with Crippen molar-refractivity contribution in [2.75, 3.05) is 50.6 Å². The summed E-state index contributed by atoms with van der Waals surface area (Å²) in [5.41, 5.74) is 1.60. The van der Waals surface area contributed by atoms with Crippen molar-refractivity contribution in [1.82, 2.24) is 19.2 Å². The number of nitrogens with one attached hydrogen (secondary N) is 1. The second kappa shape index (κ2) is 12.8. The van der Waals surface area contributed by atoms with Crippen molar-refractivity contribution in [3.63, 3.8) is 0 Å². The van der Waals surface area contributed by atoms with Crippen LogP contribution in [0.5, 0.6) is 5.88 Å². The number of ether oxygens (including phenoxy) is 2. The first-order valence-electron chi connectivity index (χ1n) is 14.7. The third-order valence-corrected chi connectivity index (χ3v) is 11.1. The topological polar surface area (TPSA) is 172 Å². The third kappa shape index (κ3) is 6.31. The van der Waals surface area contributed by atoms with Crippen molar-refractivity contribution in [2.45, 2.75) is 29.7 Å². The molecular weight excluding hydrogens is 649 g/mol. The van der Waals surface area contributed by atoms with Gasteiger partial charge in [-0.3, -0.25) is 15.0 Å². The van der Waals surface area contributed by atoms with E-state index in [2.05, 4.69) is 15.3 Å². The highest BCUT2D eigenvalue weighted by molar-refractivity contribution is 7.89. The molecule has 3 amide bonds. The van der Waals surface area contributed by atoms with Gasteiger partial charge in [0.15, 0.2) is 5.13 Å². The molecule has 246 valence electrons. The van der Waals surface area contributed by atoms with E-state index in [1.807, 2.05) is 6.07 Å². The molecule has 6 rings (SSSR count). The molecule has 1 unspecified atom stereocenters. The normalized spacial score (nSPS) is 17.3. The molecule has 2 aromatic heterocycles. The standard InChI is InChI=1S/C31H32N6O8S2/c1-44-25-11-9-23-27(33-25)46-28(32-23)34-29(40)37-19-31(13-15-35(18-31)30(41)45-2)22-16-21(8-10-24(22)37)47(42,43)36(14-12-26(38)39)17-20-6-4-3-5-7-20/h3-11,16H,12-15,17-19H2,1-2H3,(H,38,39)(H,32,34,40). The molecule has 1 atom stereocenters. The zero-order chi connectivity index (χ0) is 33.3.